The van der Waals surface area contributed by atoms with Gasteiger partial charge in [0.1, 0.15) is 5.69 Å². The summed E-state index contributed by atoms with van der Waals surface area (Å²) in [5.74, 6) is 5.18. The van der Waals surface area contributed by atoms with Gasteiger partial charge in [0.15, 0.2) is 0 Å². The molecular formula is C11H11N5O4. The molecule has 1 aromatic carbocycles. The van der Waals surface area contributed by atoms with Gasteiger partial charge in [-0.15, -0.1) is 0 Å². The van der Waals surface area contributed by atoms with Crippen molar-refractivity contribution in [1.29, 1.82) is 0 Å². The maximum atomic E-state index is 11.5. The summed E-state index contributed by atoms with van der Waals surface area (Å²) in [5.41, 5.74) is 1.66. The molecule has 2 rings (SSSR count). The highest BCUT2D eigenvalue weighted by atomic mass is 16.6. The zero-order chi connectivity index (χ0) is 14.7. The van der Waals surface area contributed by atoms with Crippen LogP contribution in [0.25, 0.3) is 0 Å². The molecule has 9 heteroatoms. The SMILES string of the molecule is NNc1ccc(Cn2ccc(=O)[nH]c2=O)cc1[N+](=O)[O-]. The minimum Gasteiger partial charge on any atom is -0.318 e. The lowest BCUT2D eigenvalue weighted by Crippen LogP contribution is -2.28. The van der Waals surface area contributed by atoms with Crippen molar-refractivity contribution in [3.63, 3.8) is 0 Å². The van der Waals surface area contributed by atoms with Gasteiger partial charge in [0.05, 0.1) is 11.5 Å². The summed E-state index contributed by atoms with van der Waals surface area (Å²) in [5, 5.41) is 10.9. The van der Waals surface area contributed by atoms with E-state index < -0.39 is 16.2 Å². The predicted molar refractivity (Wildman–Crippen MR) is 71.3 cm³/mol. The second-order valence-corrected chi connectivity index (χ2v) is 3.99. The molecule has 0 unspecified atom stereocenters. The summed E-state index contributed by atoms with van der Waals surface area (Å²) >= 11 is 0. The molecule has 0 aliphatic rings. The summed E-state index contributed by atoms with van der Waals surface area (Å²) in [6, 6.07) is 5.56. The Balaban J connectivity index is 2.39. The molecule has 0 fully saturated rings. The van der Waals surface area contributed by atoms with Crippen LogP contribution in [-0.2, 0) is 6.54 Å². The summed E-state index contributed by atoms with van der Waals surface area (Å²) < 4.78 is 1.23. The van der Waals surface area contributed by atoms with Crippen molar-refractivity contribution in [2.45, 2.75) is 6.54 Å². The number of rotatable bonds is 4. The minimum atomic E-state index is -0.582. The summed E-state index contributed by atoms with van der Waals surface area (Å²) in [4.78, 5) is 34.9. The van der Waals surface area contributed by atoms with Crippen LogP contribution in [0.5, 0.6) is 0 Å². The molecule has 4 N–H and O–H groups in total. The molecule has 0 saturated carbocycles. The quantitative estimate of drug-likeness (QED) is 0.401. The number of nitrogens with zero attached hydrogens (tertiary/aromatic N) is 2. The average Bonchev–Trinajstić information content (AvgIpc) is 2.41. The molecule has 20 heavy (non-hydrogen) atoms. The number of anilines is 1. The number of aromatic amines is 1. The first-order chi connectivity index (χ1) is 9.51. The Morgan fingerprint density at radius 3 is 2.70 bits per heavy atom. The molecule has 0 radical (unpaired) electrons. The molecule has 0 spiro atoms. The van der Waals surface area contributed by atoms with Crippen molar-refractivity contribution in [2.75, 3.05) is 5.43 Å². The van der Waals surface area contributed by atoms with Crippen LogP contribution in [0.2, 0.25) is 0 Å². The van der Waals surface area contributed by atoms with Gasteiger partial charge >= 0.3 is 5.69 Å². The number of H-pyrrole nitrogens is 1. The van der Waals surface area contributed by atoms with Crippen LogP contribution in [0.15, 0.2) is 40.1 Å². The molecule has 104 valence electrons. The Morgan fingerprint density at radius 2 is 2.10 bits per heavy atom. The molecule has 0 aliphatic heterocycles. The first kappa shape index (κ1) is 13.5. The van der Waals surface area contributed by atoms with E-state index in [0.717, 1.165) is 0 Å². The molecule has 0 aliphatic carbocycles. The fourth-order valence-corrected chi connectivity index (χ4v) is 1.71. The van der Waals surface area contributed by atoms with Crippen molar-refractivity contribution >= 4 is 11.4 Å². The first-order valence-corrected chi connectivity index (χ1v) is 5.55. The van der Waals surface area contributed by atoms with Crippen LogP contribution in [0.3, 0.4) is 0 Å². The Labute approximate surface area is 111 Å². The fraction of sp³-hybridized carbons (Fsp3) is 0.0909. The molecule has 1 heterocycles. The Kier molecular flexibility index (Phi) is 3.62. The second kappa shape index (κ2) is 5.36. The monoisotopic (exact) mass is 277 g/mol. The lowest BCUT2D eigenvalue weighted by atomic mass is 10.1. The van der Waals surface area contributed by atoms with Crippen LogP contribution in [0, 0.1) is 10.1 Å². The van der Waals surface area contributed by atoms with Crippen molar-refractivity contribution < 1.29 is 4.92 Å². The third kappa shape index (κ3) is 2.72. The zero-order valence-electron chi connectivity index (χ0n) is 10.2. The third-order valence-electron chi connectivity index (χ3n) is 2.66. The van der Waals surface area contributed by atoms with Gasteiger partial charge in [-0.25, -0.2) is 4.79 Å². The smallest absolute Gasteiger partial charge is 0.318 e. The lowest BCUT2D eigenvalue weighted by molar-refractivity contribution is -0.384. The number of nitrogens with one attached hydrogen (secondary N) is 2. The van der Waals surface area contributed by atoms with E-state index in [9.17, 15) is 19.7 Å². The van der Waals surface area contributed by atoms with Gasteiger partial charge in [-0.1, -0.05) is 6.07 Å². The maximum absolute atomic E-state index is 11.5. The van der Waals surface area contributed by atoms with E-state index in [2.05, 4.69) is 10.4 Å². The van der Waals surface area contributed by atoms with Gasteiger partial charge in [-0.2, -0.15) is 0 Å². The fourth-order valence-electron chi connectivity index (χ4n) is 1.71. The standard InChI is InChI=1S/C11H11N5O4/c12-14-8-2-1-7(5-9(8)16(19)20)6-15-4-3-10(17)13-11(15)18/h1-5,14H,6,12H2,(H,13,17,18). The van der Waals surface area contributed by atoms with E-state index in [1.54, 1.807) is 6.07 Å². The van der Waals surface area contributed by atoms with Crippen LogP contribution in [0.1, 0.15) is 5.56 Å². The Hall–Kier alpha value is -2.94. The number of hydrogen-bond donors (Lipinski definition) is 3. The summed E-state index contributed by atoms with van der Waals surface area (Å²) in [6.07, 6.45) is 1.32. The normalized spacial score (nSPS) is 10.2. The highest BCUT2D eigenvalue weighted by molar-refractivity contribution is 5.61. The van der Waals surface area contributed by atoms with E-state index in [-0.39, 0.29) is 17.9 Å². The Bertz CT molecular complexity index is 764. The van der Waals surface area contributed by atoms with Crippen LogP contribution in [-0.4, -0.2) is 14.5 Å². The van der Waals surface area contributed by atoms with Crippen molar-refractivity contribution in [1.82, 2.24) is 9.55 Å². The number of nitro groups is 1. The highest BCUT2D eigenvalue weighted by Gasteiger charge is 2.14. The molecule has 0 saturated heterocycles. The van der Waals surface area contributed by atoms with Crippen molar-refractivity contribution in [3.05, 3.63) is 67.0 Å². The van der Waals surface area contributed by atoms with Gasteiger partial charge in [-0.3, -0.25) is 30.3 Å². The topological polar surface area (TPSA) is 136 Å². The van der Waals surface area contributed by atoms with Gasteiger partial charge in [-0.05, 0) is 11.6 Å². The third-order valence-corrected chi connectivity index (χ3v) is 2.66. The van der Waals surface area contributed by atoms with Gasteiger partial charge in [0.25, 0.3) is 11.2 Å². The van der Waals surface area contributed by atoms with E-state index in [1.165, 1.54) is 29.0 Å². The number of nitrogen functional groups attached to an aromatic ring is 1. The Morgan fingerprint density at radius 1 is 1.35 bits per heavy atom. The molecule has 1 aromatic heterocycles. The molecule has 0 amide bonds. The largest absolute Gasteiger partial charge is 0.328 e. The summed E-state index contributed by atoms with van der Waals surface area (Å²) in [7, 11) is 0. The van der Waals surface area contributed by atoms with E-state index >= 15 is 0 Å². The maximum Gasteiger partial charge on any atom is 0.328 e. The zero-order valence-corrected chi connectivity index (χ0v) is 10.2. The lowest BCUT2D eigenvalue weighted by Gasteiger charge is -2.07. The van der Waals surface area contributed by atoms with Crippen LogP contribution in [0.4, 0.5) is 11.4 Å². The highest BCUT2D eigenvalue weighted by Crippen LogP contribution is 2.24. The number of nitro benzene ring substituents is 1. The van der Waals surface area contributed by atoms with E-state index in [4.69, 9.17) is 5.84 Å². The summed E-state index contributed by atoms with van der Waals surface area (Å²) in [6.45, 7) is 0.0985. The number of hydrogen-bond acceptors (Lipinski definition) is 6. The van der Waals surface area contributed by atoms with Crippen LogP contribution >= 0.6 is 0 Å². The van der Waals surface area contributed by atoms with Gasteiger partial charge in [0.2, 0.25) is 0 Å². The molecule has 2 aromatic rings. The van der Waals surface area contributed by atoms with E-state index in [1.807, 2.05) is 0 Å². The average molecular weight is 277 g/mol. The number of hydrazine groups is 1. The second-order valence-electron chi connectivity index (χ2n) is 3.99. The van der Waals surface area contributed by atoms with Gasteiger partial charge < -0.3 is 5.43 Å². The molecule has 0 atom stereocenters. The first-order valence-electron chi connectivity index (χ1n) is 5.55. The van der Waals surface area contributed by atoms with Crippen molar-refractivity contribution in [2.24, 2.45) is 5.84 Å². The van der Waals surface area contributed by atoms with Crippen molar-refractivity contribution in [3.8, 4) is 0 Å². The number of benzene rings is 1. The van der Waals surface area contributed by atoms with Gasteiger partial charge in [0, 0.05) is 18.3 Å². The molecule has 9 nitrogen and oxygen atoms in total. The minimum absolute atomic E-state index is 0.0985. The number of nitrogens with two attached hydrogens (primary N) is 1. The molecule has 0 bridgehead atoms. The van der Waals surface area contributed by atoms with Crippen LogP contribution < -0.4 is 22.5 Å². The predicted octanol–water partition coefficient (Wildman–Crippen LogP) is -0.221. The molecular weight excluding hydrogens is 266 g/mol. The van der Waals surface area contributed by atoms with E-state index in [0.29, 0.717) is 5.56 Å². The number of aromatic nitrogens is 2.